The van der Waals surface area contributed by atoms with Crippen LogP contribution in [0.1, 0.15) is 13.8 Å². The SMILES string of the molecule is C[C@H](OC(=O)[C@@H](C)Oc1ccc(Cl)cc1)C(=O)Nc1ccccc1[N+](=O)[O-]. The molecule has 2 aromatic carbocycles. The van der Waals surface area contributed by atoms with Crippen LogP contribution in [0.3, 0.4) is 0 Å². The van der Waals surface area contributed by atoms with Crippen molar-refractivity contribution in [2.24, 2.45) is 0 Å². The third-order valence-electron chi connectivity index (χ3n) is 3.48. The van der Waals surface area contributed by atoms with Gasteiger partial charge >= 0.3 is 5.97 Å². The number of rotatable bonds is 7. The van der Waals surface area contributed by atoms with Gasteiger partial charge in [-0.15, -0.1) is 0 Å². The second-order valence-corrected chi connectivity index (χ2v) is 5.99. The van der Waals surface area contributed by atoms with Gasteiger partial charge in [-0.25, -0.2) is 4.79 Å². The van der Waals surface area contributed by atoms with E-state index in [9.17, 15) is 19.7 Å². The molecule has 2 aromatic rings. The molecule has 0 saturated carbocycles. The largest absolute Gasteiger partial charge is 0.479 e. The summed E-state index contributed by atoms with van der Waals surface area (Å²) in [7, 11) is 0. The summed E-state index contributed by atoms with van der Waals surface area (Å²) >= 11 is 5.78. The Balaban J connectivity index is 1.94. The van der Waals surface area contributed by atoms with Crippen molar-refractivity contribution in [2.75, 3.05) is 5.32 Å². The Bertz CT molecular complexity index is 840. The summed E-state index contributed by atoms with van der Waals surface area (Å²) < 4.78 is 10.5. The normalized spacial score (nSPS) is 12.6. The summed E-state index contributed by atoms with van der Waals surface area (Å²) in [6.07, 6.45) is -2.14. The molecule has 0 aliphatic rings. The molecule has 0 saturated heterocycles. The van der Waals surface area contributed by atoms with E-state index >= 15 is 0 Å². The van der Waals surface area contributed by atoms with Crippen molar-refractivity contribution >= 4 is 34.9 Å². The maximum atomic E-state index is 12.2. The number of para-hydroxylation sites is 2. The van der Waals surface area contributed by atoms with Crippen molar-refractivity contribution in [2.45, 2.75) is 26.1 Å². The van der Waals surface area contributed by atoms with Crippen molar-refractivity contribution in [1.29, 1.82) is 0 Å². The highest BCUT2D eigenvalue weighted by Crippen LogP contribution is 2.23. The minimum absolute atomic E-state index is 0.0147. The quantitative estimate of drug-likeness (QED) is 0.438. The number of esters is 1. The molecule has 0 fully saturated rings. The highest BCUT2D eigenvalue weighted by atomic mass is 35.5. The predicted octanol–water partition coefficient (Wildman–Crippen LogP) is 3.59. The average Bonchev–Trinajstić information content (AvgIpc) is 2.63. The molecule has 0 bridgehead atoms. The number of hydrogen-bond donors (Lipinski definition) is 1. The van der Waals surface area contributed by atoms with E-state index in [2.05, 4.69) is 5.32 Å². The van der Waals surface area contributed by atoms with E-state index < -0.39 is 29.0 Å². The first kappa shape index (κ1) is 20.2. The van der Waals surface area contributed by atoms with E-state index in [1.54, 1.807) is 30.3 Å². The number of carbonyl (C=O) groups is 2. The molecule has 0 aliphatic carbocycles. The van der Waals surface area contributed by atoms with Crippen LogP contribution in [0, 0.1) is 10.1 Å². The van der Waals surface area contributed by atoms with Crippen molar-refractivity contribution < 1.29 is 24.0 Å². The summed E-state index contributed by atoms with van der Waals surface area (Å²) in [4.78, 5) is 34.6. The third kappa shape index (κ3) is 5.68. The zero-order valence-electron chi connectivity index (χ0n) is 14.5. The number of hydrogen-bond acceptors (Lipinski definition) is 6. The highest BCUT2D eigenvalue weighted by molar-refractivity contribution is 6.30. The Hall–Kier alpha value is -3.13. The van der Waals surface area contributed by atoms with Gasteiger partial charge in [0.25, 0.3) is 11.6 Å². The van der Waals surface area contributed by atoms with Gasteiger partial charge in [0.1, 0.15) is 11.4 Å². The summed E-state index contributed by atoms with van der Waals surface area (Å²) in [6.45, 7) is 2.83. The van der Waals surface area contributed by atoms with Crippen molar-refractivity contribution in [3.05, 3.63) is 63.7 Å². The molecule has 1 amide bonds. The molecule has 0 spiro atoms. The average molecular weight is 393 g/mol. The maximum absolute atomic E-state index is 12.2. The van der Waals surface area contributed by atoms with Crippen LogP contribution in [0.4, 0.5) is 11.4 Å². The Labute approximate surface area is 160 Å². The van der Waals surface area contributed by atoms with Crippen LogP contribution in [0.5, 0.6) is 5.75 Å². The molecule has 142 valence electrons. The molecule has 0 aromatic heterocycles. The molecular formula is C18H17ClN2O6. The number of nitro benzene ring substituents is 1. The van der Waals surface area contributed by atoms with Crippen LogP contribution >= 0.6 is 11.6 Å². The van der Waals surface area contributed by atoms with Crippen molar-refractivity contribution in [3.8, 4) is 5.75 Å². The van der Waals surface area contributed by atoms with Gasteiger partial charge in [0.15, 0.2) is 12.2 Å². The topological polar surface area (TPSA) is 108 Å². The van der Waals surface area contributed by atoms with Crippen LogP contribution < -0.4 is 10.1 Å². The first-order valence-corrected chi connectivity index (χ1v) is 8.32. The van der Waals surface area contributed by atoms with E-state index in [1.807, 2.05) is 0 Å². The molecule has 27 heavy (non-hydrogen) atoms. The summed E-state index contributed by atoms with van der Waals surface area (Å²) in [5, 5.41) is 13.9. The lowest BCUT2D eigenvalue weighted by Gasteiger charge is -2.17. The fraction of sp³-hybridized carbons (Fsp3) is 0.222. The van der Waals surface area contributed by atoms with Gasteiger partial charge in [-0.05, 0) is 44.2 Å². The van der Waals surface area contributed by atoms with Crippen molar-refractivity contribution in [3.63, 3.8) is 0 Å². The molecule has 8 nitrogen and oxygen atoms in total. The van der Waals surface area contributed by atoms with Gasteiger partial charge < -0.3 is 14.8 Å². The third-order valence-corrected chi connectivity index (χ3v) is 3.73. The number of nitro groups is 1. The molecular weight excluding hydrogens is 376 g/mol. The number of carbonyl (C=O) groups excluding carboxylic acids is 2. The van der Waals surface area contributed by atoms with Gasteiger partial charge in [-0.2, -0.15) is 0 Å². The highest BCUT2D eigenvalue weighted by Gasteiger charge is 2.25. The monoisotopic (exact) mass is 392 g/mol. The predicted molar refractivity (Wildman–Crippen MR) is 98.8 cm³/mol. The van der Waals surface area contributed by atoms with Crippen molar-refractivity contribution in [1.82, 2.24) is 0 Å². The number of anilines is 1. The number of nitrogens with one attached hydrogen (secondary N) is 1. The minimum atomic E-state index is -1.17. The fourth-order valence-electron chi connectivity index (χ4n) is 2.06. The number of halogens is 1. The number of amides is 1. The standard InChI is InChI=1S/C18H17ClN2O6/c1-11(17(22)20-15-5-3-4-6-16(15)21(24)25)27-18(23)12(2)26-14-9-7-13(19)8-10-14/h3-12H,1-2H3,(H,20,22)/t11-,12+/m0/s1. The van der Waals surface area contributed by atoms with Gasteiger partial charge in [0.05, 0.1) is 4.92 Å². The Kier molecular flexibility index (Phi) is 6.73. The lowest BCUT2D eigenvalue weighted by Crippen LogP contribution is -2.35. The maximum Gasteiger partial charge on any atom is 0.347 e. The lowest BCUT2D eigenvalue weighted by molar-refractivity contribution is -0.383. The molecule has 9 heteroatoms. The van der Waals surface area contributed by atoms with Gasteiger partial charge in [-0.3, -0.25) is 14.9 Å². The fourth-order valence-corrected chi connectivity index (χ4v) is 2.19. The van der Waals surface area contributed by atoms with E-state index in [0.717, 1.165) is 0 Å². The van der Waals surface area contributed by atoms with E-state index in [1.165, 1.54) is 32.0 Å². The number of benzene rings is 2. The van der Waals surface area contributed by atoms with Crippen LogP contribution in [0.15, 0.2) is 48.5 Å². The first-order chi connectivity index (χ1) is 12.8. The van der Waals surface area contributed by atoms with Gasteiger partial charge in [0, 0.05) is 11.1 Å². The van der Waals surface area contributed by atoms with E-state index in [0.29, 0.717) is 10.8 Å². The lowest BCUT2D eigenvalue weighted by atomic mass is 10.2. The summed E-state index contributed by atoms with van der Waals surface area (Å²) in [5.74, 6) is -1.03. The minimum Gasteiger partial charge on any atom is -0.479 e. The number of ether oxygens (including phenoxy) is 2. The number of nitrogens with zero attached hydrogens (tertiary/aromatic N) is 1. The molecule has 2 rings (SSSR count). The molecule has 0 radical (unpaired) electrons. The molecule has 0 aliphatic heterocycles. The zero-order chi connectivity index (χ0) is 20.0. The van der Waals surface area contributed by atoms with Gasteiger partial charge in [0.2, 0.25) is 0 Å². The molecule has 0 unspecified atom stereocenters. The summed E-state index contributed by atoms with van der Waals surface area (Å²) in [5.41, 5.74) is -0.246. The molecule has 2 atom stereocenters. The second-order valence-electron chi connectivity index (χ2n) is 5.56. The Morgan fingerprint density at radius 3 is 2.33 bits per heavy atom. The summed E-state index contributed by atoms with van der Waals surface area (Å²) in [6, 6.07) is 12.1. The zero-order valence-corrected chi connectivity index (χ0v) is 15.3. The van der Waals surface area contributed by atoms with E-state index in [-0.39, 0.29) is 11.4 Å². The Morgan fingerprint density at radius 1 is 1.07 bits per heavy atom. The smallest absolute Gasteiger partial charge is 0.347 e. The molecule has 0 heterocycles. The van der Waals surface area contributed by atoms with Crippen LogP contribution in [-0.4, -0.2) is 29.0 Å². The van der Waals surface area contributed by atoms with E-state index in [4.69, 9.17) is 21.1 Å². The second kappa shape index (κ2) is 9.00. The van der Waals surface area contributed by atoms with Crippen LogP contribution in [0.2, 0.25) is 5.02 Å². The van der Waals surface area contributed by atoms with Gasteiger partial charge in [-0.1, -0.05) is 23.7 Å². The first-order valence-electron chi connectivity index (χ1n) is 7.95. The van der Waals surface area contributed by atoms with Crippen LogP contribution in [0.25, 0.3) is 0 Å². The molecule has 1 N–H and O–H groups in total. The van der Waals surface area contributed by atoms with Crippen LogP contribution in [-0.2, 0) is 14.3 Å². The Morgan fingerprint density at radius 2 is 1.70 bits per heavy atom.